The molecule has 2 heteroatoms. The third kappa shape index (κ3) is 5.75. The van der Waals surface area contributed by atoms with Crippen molar-refractivity contribution in [3.63, 3.8) is 0 Å². The van der Waals surface area contributed by atoms with Crippen molar-refractivity contribution in [2.24, 2.45) is 0 Å². The number of nitrogens with zero attached hydrogens (tertiary/aromatic N) is 1. The van der Waals surface area contributed by atoms with Gasteiger partial charge in [-0.25, -0.2) is 0 Å². The van der Waals surface area contributed by atoms with Crippen LogP contribution < -0.4 is 0 Å². The highest BCUT2D eigenvalue weighted by Crippen LogP contribution is 2.22. The monoisotopic (exact) mass is 263 g/mol. The number of hydrogen-bond acceptors (Lipinski definition) is 2. The van der Waals surface area contributed by atoms with Crippen molar-refractivity contribution in [1.82, 2.24) is 4.90 Å². The first-order valence-electron chi connectivity index (χ1n) is 7.60. The van der Waals surface area contributed by atoms with Crippen LogP contribution in [0.1, 0.15) is 52.0 Å². The molecule has 0 aromatic heterocycles. The molecule has 0 fully saturated rings. The minimum Gasteiger partial charge on any atom is -0.384 e. The molecule has 1 N–H and O–H groups in total. The second-order valence-corrected chi connectivity index (χ2v) is 5.62. The predicted molar refractivity (Wildman–Crippen MR) is 82.3 cm³/mol. The van der Waals surface area contributed by atoms with Gasteiger partial charge >= 0.3 is 0 Å². The smallest absolute Gasteiger partial charge is 0.0994 e. The van der Waals surface area contributed by atoms with Gasteiger partial charge in [0.05, 0.1) is 5.60 Å². The van der Waals surface area contributed by atoms with E-state index in [2.05, 4.69) is 18.7 Å². The van der Waals surface area contributed by atoms with Gasteiger partial charge in [-0.15, -0.1) is 0 Å². The van der Waals surface area contributed by atoms with Crippen LogP contribution in [0.5, 0.6) is 0 Å². The summed E-state index contributed by atoms with van der Waals surface area (Å²) < 4.78 is 0. The van der Waals surface area contributed by atoms with Gasteiger partial charge in [0.2, 0.25) is 0 Å². The Morgan fingerprint density at radius 3 is 2.00 bits per heavy atom. The minimum atomic E-state index is -0.761. The fourth-order valence-electron chi connectivity index (χ4n) is 2.36. The molecule has 19 heavy (non-hydrogen) atoms. The van der Waals surface area contributed by atoms with E-state index in [1.165, 1.54) is 25.7 Å². The molecule has 0 aliphatic carbocycles. The second-order valence-electron chi connectivity index (χ2n) is 5.62. The molecule has 0 aliphatic heterocycles. The molecule has 1 aromatic carbocycles. The van der Waals surface area contributed by atoms with E-state index in [-0.39, 0.29) is 0 Å². The lowest BCUT2D eigenvalue weighted by Gasteiger charge is -2.32. The third-order valence-corrected chi connectivity index (χ3v) is 3.58. The Balaban J connectivity index is 2.64. The van der Waals surface area contributed by atoms with Crippen LogP contribution in [0.15, 0.2) is 30.3 Å². The molecule has 1 rings (SSSR count). The van der Waals surface area contributed by atoms with E-state index in [0.717, 1.165) is 25.2 Å². The lowest BCUT2D eigenvalue weighted by Crippen LogP contribution is -2.40. The van der Waals surface area contributed by atoms with Gasteiger partial charge in [-0.2, -0.15) is 0 Å². The highest BCUT2D eigenvalue weighted by molar-refractivity contribution is 5.21. The number of benzene rings is 1. The van der Waals surface area contributed by atoms with E-state index in [1.807, 2.05) is 37.3 Å². The second kappa shape index (κ2) is 8.34. The summed E-state index contributed by atoms with van der Waals surface area (Å²) in [5.74, 6) is 0. The highest BCUT2D eigenvalue weighted by atomic mass is 16.3. The summed E-state index contributed by atoms with van der Waals surface area (Å²) in [6.07, 6.45) is 4.81. The number of hydrogen-bond donors (Lipinski definition) is 1. The molecule has 1 unspecified atom stereocenters. The number of aliphatic hydroxyl groups is 1. The molecular formula is C17H29NO. The average molecular weight is 263 g/mol. The number of rotatable bonds is 9. The Morgan fingerprint density at radius 1 is 1.00 bits per heavy atom. The zero-order valence-corrected chi connectivity index (χ0v) is 12.7. The Kier molecular flexibility index (Phi) is 7.11. The normalized spacial score (nSPS) is 14.6. The van der Waals surface area contributed by atoms with Crippen LogP contribution in [0.2, 0.25) is 0 Å². The molecule has 0 radical (unpaired) electrons. The predicted octanol–water partition coefficient (Wildman–Crippen LogP) is 3.80. The molecule has 108 valence electrons. The van der Waals surface area contributed by atoms with Crippen molar-refractivity contribution >= 4 is 0 Å². The Hall–Kier alpha value is -0.860. The van der Waals surface area contributed by atoms with Gasteiger partial charge in [0.1, 0.15) is 0 Å². The van der Waals surface area contributed by atoms with Crippen molar-refractivity contribution < 1.29 is 5.11 Å². The first-order valence-corrected chi connectivity index (χ1v) is 7.60. The molecule has 0 saturated carbocycles. The maximum absolute atomic E-state index is 10.7. The Bertz CT molecular complexity index is 326. The fraction of sp³-hybridized carbons (Fsp3) is 0.647. The fourth-order valence-corrected chi connectivity index (χ4v) is 2.36. The summed E-state index contributed by atoms with van der Waals surface area (Å²) in [6, 6.07) is 10.00. The molecule has 1 atom stereocenters. The minimum absolute atomic E-state index is 0.719. The van der Waals surface area contributed by atoms with E-state index in [0.29, 0.717) is 0 Å². The van der Waals surface area contributed by atoms with E-state index in [9.17, 15) is 5.11 Å². The van der Waals surface area contributed by atoms with Crippen molar-refractivity contribution in [1.29, 1.82) is 0 Å². The highest BCUT2D eigenvalue weighted by Gasteiger charge is 2.25. The standard InChI is InChI=1S/C17H29NO/c1-4-6-13-18(14-7-5-2)15-17(3,19)16-11-9-8-10-12-16/h8-12,19H,4-7,13-15H2,1-3H3. The van der Waals surface area contributed by atoms with Crippen LogP contribution in [0.3, 0.4) is 0 Å². The molecule has 0 amide bonds. The molecular weight excluding hydrogens is 234 g/mol. The molecule has 1 aromatic rings. The van der Waals surface area contributed by atoms with Crippen LogP contribution >= 0.6 is 0 Å². The summed E-state index contributed by atoms with van der Waals surface area (Å²) in [4.78, 5) is 2.40. The van der Waals surface area contributed by atoms with Crippen LogP contribution in [0.4, 0.5) is 0 Å². The average Bonchev–Trinajstić information content (AvgIpc) is 2.42. The van der Waals surface area contributed by atoms with Gasteiger partial charge in [0.15, 0.2) is 0 Å². The molecule has 0 bridgehead atoms. The van der Waals surface area contributed by atoms with E-state index < -0.39 is 5.60 Å². The van der Waals surface area contributed by atoms with Gasteiger partial charge in [-0.1, -0.05) is 57.0 Å². The quantitative estimate of drug-likeness (QED) is 0.732. The van der Waals surface area contributed by atoms with Crippen molar-refractivity contribution in [3.8, 4) is 0 Å². The Morgan fingerprint density at radius 2 is 1.53 bits per heavy atom. The van der Waals surface area contributed by atoms with E-state index in [1.54, 1.807) is 0 Å². The third-order valence-electron chi connectivity index (χ3n) is 3.58. The first-order chi connectivity index (χ1) is 9.10. The van der Waals surface area contributed by atoms with Crippen LogP contribution in [-0.2, 0) is 5.60 Å². The van der Waals surface area contributed by atoms with Crippen LogP contribution in [0, 0.1) is 0 Å². The zero-order valence-electron chi connectivity index (χ0n) is 12.7. The van der Waals surface area contributed by atoms with E-state index in [4.69, 9.17) is 0 Å². The van der Waals surface area contributed by atoms with Gasteiger partial charge in [0.25, 0.3) is 0 Å². The summed E-state index contributed by atoms with van der Waals surface area (Å²) in [7, 11) is 0. The lowest BCUT2D eigenvalue weighted by atomic mass is 9.95. The van der Waals surface area contributed by atoms with Gasteiger partial charge in [-0.05, 0) is 38.4 Å². The van der Waals surface area contributed by atoms with Crippen LogP contribution in [0.25, 0.3) is 0 Å². The van der Waals surface area contributed by atoms with Crippen molar-refractivity contribution in [3.05, 3.63) is 35.9 Å². The van der Waals surface area contributed by atoms with Crippen molar-refractivity contribution in [2.75, 3.05) is 19.6 Å². The molecule has 0 saturated heterocycles. The molecule has 0 spiro atoms. The molecule has 2 nitrogen and oxygen atoms in total. The van der Waals surface area contributed by atoms with E-state index >= 15 is 0 Å². The van der Waals surface area contributed by atoms with Gasteiger partial charge in [-0.3, -0.25) is 0 Å². The zero-order chi connectivity index (χ0) is 14.1. The molecule has 0 heterocycles. The molecule has 0 aliphatic rings. The van der Waals surface area contributed by atoms with Crippen LogP contribution in [-0.4, -0.2) is 29.6 Å². The largest absolute Gasteiger partial charge is 0.384 e. The first kappa shape index (κ1) is 16.2. The SMILES string of the molecule is CCCCN(CCCC)CC(C)(O)c1ccccc1. The number of unbranched alkanes of at least 4 members (excludes halogenated alkanes) is 2. The maximum Gasteiger partial charge on any atom is 0.0994 e. The summed E-state index contributed by atoms with van der Waals surface area (Å²) in [5, 5.41) is 10.7. The van der Waals surface area contributed by atoms with Crippen molar-refractivity contribution in [2.45, 2.75) is 52.1 Å². The summed E-state index contributed by atoms with van der Waals surface area (Å²) >= 11 is 0. The maximum atomic E-state index is 10.7. The topological polar surface area (TPSA) is 23.5 Å². The van der Waals surface area contributed by atoms with Gasteiger partial charge in [0, 0.05) is 6.54 Å². The van der Waals surface area contributed by atoms with Gasteiger partial charge < -0.3 is 10.0 Å². The Labute approximate surface area is 118 Å². The lowest BCUT2D eigenvalue weighted by molar-refractivity contribution is 0.0150. The summed E-state index contributed by atoms with van der Waals surface area (Å²) in [6.45, 7) is 9.24. The summed E-state index contributed by atoms with van der Waals surface area (Å²) in [5.41, 5.74) is 0.246.